The zero-order valence-electron chi connectivity index (χ0n) is 15.0. The number of carbonyl (C=O) groups is 2. The van der Waals surface area contributed by atoms with Gasteiger partial charge in [-0.2, -0.15) is 13.2 Å². The van der Waals surface area contributed by atoms with Gasteiger partial charge in [-0.3, -0.25) is 4.79 Å². The summed E-state index contributed by atoms with van der Waals surface area (Å²) in [6, 6.07) is 9.70. The van der Waals surface area contributed by atoms with Gasteiger partial charge in [-0.25, -0.2) is 4.79 Å². The highest BCUT2D eigenvalue weighted by Crippen LogP contribution is 2.32. The summed E-state index contributed by atoms with van der Waals surface area (Å²) >= 11 is 0. The van der Waals surface area contributed by atoms with Crippen molar-refractivity contribution in [3.63, 3.8) is 0 Å². The number of rotatable bonds is 6. The number of fused-ring (bicyclic) bond motifs is 1. The highest BCUT2D eigenvalue weighted by molar-refractivity contribution is 5.89. The first-order valence-electron chi connectivity index (χ1n) is 8.48. The zero-order chi connectivity index (χ0) is 20.9. The van der Waals surface area contributed by atoms with E-state index in [0.717, 1.165) is 23.8 Å². The molecule has 3 rings (SSSR count). The molecule has 0 atom stereocenters. The Morgan fingerprint density at radius 1 is 1.10 bits per heavy atom. The molecule has 0 saturated heterocycles. The van der Waals surface area contributed by atoms with Crippen LogP contribution in [0.2, 0.25) is 0 Å². The summed E-state index contributed by atoms with van der Waals surface area (Å²) in [4.78, 5) is 23.5. The third-order valence-corrected chi connectivity index (χ3v) is 3.90. The molecular weight excluding hydrogens is 391 g/mol. The van der Waals surface area contributed by atoms with Gasteiger partial charge in [-0.05, 0) is 41.5 Å². The average Bonchev–Trinajstić information content (AvgIpc) is 3.16. The van der Waals surface area contributed by atoms with Crippen LogP contribution in [0, 0.1) is 0 Å². The Kier molecular flexibility index (Phi) is 6.06. The maximum atomic E-state index is 12.7. The standard InChI is InChI=1S/C20H16F3NO5/c21-20(22,23)15-3-1-2-13(8-15)5-7-19(26)27-11-18(25)24-10-14-4-6-16-17(9-14)29-12-28-16/h1-9H,10-12H2,(H,24,25). The third kappa shape index (κ3) is 5.74. The lowest BCUT2D eigenvalue weighted by Gasteiger charge is -2.07. The first-order chi connectivity index (χ1) is 13.8. The molecule has 2 aromatic carbocycles. The molecule has 0 bridgehead atoms. The molecule has 0 saturated carbocycles. The van der Waals surface area contributed by atoms with Gasteiger partial charge >= 0.3 is 12.1 Å². The maximum Gasteiger partial charge on any atom is 0.416 e. The summed E-state index contributed by atoms with van der Waals surface area (Å²) in [6.07, 6.45) is -2.33. The highest BCUT2D eigenvalue weighted by Gasteiger charge is 2.30. The van der Waals surface area contributed by atoms with Crippen molar-refractivity contribution in [2.75, 3.05) is 13.4 Å². The number of amides is 1. The van der Waals surface area contributed by atoms with Crippen molar-refractivity contribution in [1.29, 1.82) is 0 Å². The predicted molar refractivity (Wildman–Crippen MR) is 95.8 cm³/mol. The molecule has 1 aliphatic rings. The maximum absolute atomic E-state index is 12.7. The molecule has 6 nitrogen and oxygen atoms in total. The van der Waals surface area contributed by atoms with Gasteiger partial charge in [-0.15, -0.1) is 0 Å². The van der Waals surface area contributed by atoms with E-state index in [1.165, 1.54) is 18.2 Å². The number of hydrogen-bond acceptors (Lipinski definition) is 5. The lowest BCUT2D eigenvalue weighted by Crippen LogP contribution is -2.28. The van der Waals surface area contributed by atoms with Crippen molar-refractivity contribution in [2.24, 2.45) is 0 Å². The van der Waals surface area contributed by atoms with Gasteiger partial charge in [0.1, 0.15) is 0 Å². The highest BCUT2D eigenvalue weighted by atomic mass is 19.4. The van der Waals surface area contributed by atoms with Crippen LogP contribution >= 0.6 is 0 Å². The van der Waals surface area contributed by atoms with Crippen molar-refractivity contribution in [3.8, 4) is 11.5 Å². The van der Waals surface area contributed by atoms with Crippen molar-refractivity contribution in [1.82, 2.24) is 5.32 Å². The molecule has 2 aromatic rings. The molecule has 1 aliphatic heterocycles. The molecule has 29 heavy (non-hydrogen) atoms. The quantitative estimate of drug-likeness (QED) is 0.588. The lowest BCUT2D eigenvalue weighted by molar-refractivity contribution is -0.143. The van der Waals surface area contributed by atoms with Crippen LogP contribution in [0.15, 0.2) is 48.5 Å². The van der Waals surface area contributed by atoms with Gasteiger partial charge in [0.05, 0.1) is 5.56 Å². The summed E-state index contributed by atoms with van der Waals surface area (Å²) < 4.78 is 53.2. The SMILES string of the molecule is O=C(COC(=O)C=Cc1cccc(C(F)(F)F)c1)NCc1ccc2c(c1)OCO2. The van der Waals surface area contributed by atoms with E-state index in [-0.39, 0.29) is 18.9 Å². The smallest absolute Gasteiger partial charge is 0.416 e. The van der Waals surface area contributed by atoms with Crippen molar-refractivity contribution >= 4 is 18.0 Å². The van der Waals surface area contributed by atoms with E-state index < -0.39 is 30.2 Å². The van der Waals surface area contributed by atoms with E-state index in [0.29, 0.717) is 11.5 Å². The van der Waals surface area contributed by atoms with Crippen LogP contribution in [0.25, 0.3) is 6.08 Å². The first-order valence-corrected chi connectivity index (χ1v) is 8.48. The molecule has 152 valence electrons. The van der Waals surface area contributed by atoms with Crippen LogP contribution in [0.5, 0.6) is 11.5 Å². The number of halogens is 3. The number of nitrogens with one attached hydrogen (secondary N) is 1. The minimum Gasteiger partial charge on any atom is -0.454 e. The van der Waals surface area contributed by atoms with E-state index in [4.69, 9.17) is 14.2 Å². The Hall–Kier alpha value is -3.49. The fourth-order valence-electron chi connectivity index (χ4n) is 2.47. The first kappa shape index (κ1) is 20.2. The van der Waals surface area contributed by atoms with Gasteiger partial charge in [0.15, 0.2) is 18.1 Å². The summed E-state index contributed by atoms with van der Waals surface area (Å²) in [7, 11) is 0. The second kappa shape index (κ2) is 8.68. The van der Waals surface area contributed by atoms with Crippen molar-refractivity contribution in [2.45, 2.75) is 12.7 Å². The van der Waals surface area contributed by atoms with E-state index in [1.54, 1.807) is 18.2 Å². The topological polar surface area (TPSA) is 73.9 Å². The Bertz CT molecular complexity index is 940. The number of benzene rings is 2. The van der Waals surface area contributed by atoms with E-state index >= 15 is 0 Å². The van der Waals surface area contributed by atoms with Crippen molar-refractivity contribution < 1.29 is 37.0 Å². The Morgan fingerprint density at radius 3 is 2.69 bits per heavy atom. The minimum absolute atomic E-state index is 0.148. The third-order valence-electron chi connectivity index (χ3n) is 3.90. The summed E-state index contributed by atoms with van der Waals surface area (Å²) in [5.41, 5.74) is 0.137. The summed E-state index contributed by atoms with van der Waals surface area (Å²) in [6.45, 7) is -0.168. The van der Waals surface area contributed by atoms with Gasteiger partial charge in [-0.1, -0.05) is 18.2 Å². The van der Waals surface area contributed by atoms with Crippen molar-refractivity contribution in [3.05, 3.63) is 65.2 Å². The number of alkyl halides is 3. The molecule has 0 unspecified atom stereocenters. The van der Waals surface area contributed by atoms with Crippen LogP contribution in [0.4, 0.5) is 13.2 Å². The Morgan fingerprint density at radius 2 is 1.90 bits per heavy atom. The molecule has 0 aromatic heterocycles. The van der Waals surface area contributed by atoms with E-state index in [2.05, 4.69) is 5.32 Å². The van der Waals surface area contributed by atoms with Crippen LogP contribution < -0.4 is 14.8 Å². The largest absolute Gasteiger partial charge is 0.454 e. The second-order valence-electron chi connectivity index (χ2n) is 6.03. The average molecular weight is 407 g/mol. The van der Waals surface area contributed by atoms with Crippen LogP contribution in [-0.4, -0.2) is 25.3 Å². The zero-order valence-corrected chi connectivity index (χ0v) is 15.0. The molecule has 9 heteroatoms. The molecule has 0 radical (unpaired) electrons. The summed E-state index contributed by atoms with van der Waals surface area (Å²) in [5.74, 6) is -0.159. The summed E-state index contributed by atoms with van der Waals surface area (Å²) in [5, 5.41) is 2.58. The molecule has 1 heterocycles. The molecule has 0 spiro atoms. The normalized spacial score (nSPS) is 12.8. The van der Waals surface area contributed by atoms with Crippen LogP contribution in [0.3, 0.4) is 0 Å². The predicted octanol–water partition coefficient (Wildman–Crippen LogP) is 3.31. The van der Waals surface area contributed by atoms with E-state index in [1.807, 2.05) is 0 Å². The number of ether oxygens (including phenoxy) is 3. The van der Waals surface area contributed by atoms with Gasteiger partial charge < -0.3 is 19.5 Å². The van der Waals surface area contributed by atoms with E-state index in [9.17, 15) is 22.8 Å². The van der Waals surface area contributed by atoms with Gasteiger partial charge in [0.25, 0.3) is 5.91 Å². The molecule has 1 N–H and O–H groups in total. The number of esters is 1. The lowest BCUT2D eigenvalue weighted by atomic mass is 10.1. The second-order valence-corrected chi connectivity index (χ2v) is 6.03. The number of carbonyl (C=O) groups excluding carboxylic acids is 2. The van der Waals surface area contributed by atoms with Crippen LogP contribution in [-0.2, 0) is 27.0 Å². The molecule has 0 fully saturated rings. The Labute approximate surface area is 163 Å². The molecule has 1 amide bonds. The minimum atomic E-state index is -4.47. The van der Waals surface area contributed by atoms with Gasteiger partial charge in [0, 0.05) is 12.6 Å². The van der Waals surface area contributed by atoms with Gasteiger partial charge in [0.2, 0.25) is 6.79 Å². The fraction of sp³-hybridized carbons (Fsp3) is 0.200. The monoisotopic (exact) mass is 407 g/mol. The fourth-order valence-corrected chi connectivity index (χ4v) is 2.47. The van der Waals surface area contributed by atoms with Crippen LogP contribution in [0.1, 0.15) is 16.7 Å². The number of hydrogen-bond donors (Lipinski definition) is 1. The molecule has 0 aliphatic carbocycles. The Balaban J connectivity index is 1.44. The molecular formula is C20H16F3NO5.